The molecule has 4 rings (SSSR count). The lowest BCUT2D eigenvalue weighted by Crippen LogP contribution is -2.48. The van der Waals surface area contributed by atoms with Gasteiger partial charge in [0.15, 0.2) is 0 Å². The molecule has 0 saturated carbocycles. The molecule has 0 N–H and O–H groups in total. The van der Waals surface area contributed by atoms with Crippen molar-refractivity contribution in [3.63, 3.8) is 0 Å². The number of benzene rings is 2. The van der Waals surface area contributed by atoms with Crippen LogP contribution in [0.4, 0.5) is 4.39 Å². The van der Waals surface area contributed by atoms with E-state index >= 15 is 0 Å². The second kappa shape index (κ2) is 9.94. The van der Waals surface area contributed by atoms with Crippen molar-refractivity contribution >= 4 is 17.2 Å². The summed E-state index contributed by atoms with van der Waals surface area (Å²) in [7, 11) is 1.67. The predicted molar refractivity (Wildman–Crippen MR) is 119 cm³/mol. The summed E-state index contributed by atoms with van der Waals surface area (Å²) in [5.74, 6) is 1.07. The second-order valence-electron chi connectivity index (χ2n) is 7.48. The Morgan fingerprint density at radius 3 is 2.48 bits per heavy atom. The topological polar surface area (TPSA) is 42.0 Å². The molecule has 0 spiro atoms. The largest absolute Gasteiger partial charge is 0.497 e. The smallest absolute Gasteiger partial charge is 0.264 e. The third-order valence-corrected chi connectivity index (χ3v) is 6.26. The summed E-state index contributed by atoms with van der Waals surface area (Å²) in [4.78, 5) is 17.9. The van der Waals surface area contributed by atoms with E-state index in [0.29, 0.717) is 30.3 Å². The number of ether oxygens (including phenoxy) is 2. The van der Waals surface area contributed by atoms with Crippen LogP contribution in [0.2, 0.25) is 0 Å². The number of halogens is 1. The Balaban J connectivity index is 1.26. The number of nitrogens with zero attached hydrogens (tertiary/aromatic N) is 2. The Hall–Kier alpha value is -2.90. The summed E-state index contributed by atoms with van der Waals surface area (Å²) in [6.45, 7) is 4.29. The molecular formula is C24H25FN2O3S. The van der Waals surface area contributed by atoms with Gasteiger partial charge in [-0.05, 0) is 41.3 Å². The van der Waals surface area contributed by atoms with Crippen LogP contribution in [-0.4, -0.2) is 49.0 Å². The van der Waals surface area contributed by atoms with Crippen LogP contribution in [0, 0.1) is 5.82 Å². The van der Waals surface area contributed by atoms with Crippen LogP contribution in [0.25, 0.3) is 0 Å². The van der Waals surface area contributed by atoms with Crippen LogP contribution in [0.1, 0.15) is 20.8 Å². The molecule has 0 aliphatic carbocycles. The molecule has 1 saturated heterocycles. The summed E-state index contributed by atoms with van der Waals surface area (Å²) in [6.07, 6.45) is 0. The lowest BCUT2D eigenvalue weighted by molar-refractivity contribution is 0.0633. The maximum atomic E-state index is 13.3. The molecule has 2 aromatic carbocycles. The van der Waals surface area contributed by atoms with E-state index in [0.717, 1.165) is 30.9 Å². The number of rotatable bonds is 7. The molecule has 7 heteroatoms. The first-order valence-corrected chi connectivity index (χ1v) is 11.1. The monoisotopic (exact) mass is 440 g/mol. The average Bonchev–Trinajstić information content (AvgIpc) is 3.27. The van der Waals surface area contributed by atoms with Crippen molar-refractivity contribution in [2.75, 3.05) is 33.3 Å². The highest BCUT2D eigenvalue weighted by Crippen LogP contribution is 2.21. The van der Waals surface area contributed by atoms with Gasteiger partial charge in [-0.15, -0.1) is 11.3 Å². The van der Waals surface area contributed by atoms with Crippen molar-refractivity contribution in [3.8, 4) is 11.5 Å². The fraction of sp³-hybridized carbons (Fsp3) is 0.292. The van der Waals surface area contributed by atoms with Crippen LogP contribution in [0.3, 0.4) is 0 Å². The number of hydrogen-bond acceptors (Lipinski definition) is 5. The SMILES string of the molecule is COc1ccc(CN2CCN(C(=O)c3cc(COc4cccc(F)c4)cs3)CC2)cc1. The highest BCUT2D eigenvalue weighted by Gasteiger charge is 2.23. The Morgan fingerprint density at radius 2 is 1.77 bits per heavy atom. The van der Waals surface area contributed by atoms with Crippen LogP contribution >= 0.6 is 11.3 Å². The first-order chi connectivity index (χ1) is 15.1. The fourth-order valence-corrected chi connectivity index (χ4v) is 4.40. The Labute approximate surface area is 185 Å². The van der Waals surface area contributed by atoms with E-state index < -0.39 is 0 Å². The van der Waals surface area contributed by atoms with E-state index in [1.54, 1.807) is 19.2 Å². The van der Waals surface area contributed by atoms with E-state index in [1.807, 2.05) is 28.5 Å². The molecule has 1 aliphatic rings. The van der Waals surface area contributed by atoms with E-state index in [1.165, 1.54) is 29.0 Å². The molecule has 2 heterocycles. The van der Waals surface area contributed by atoms with Crippen molar-refractivity contribution in [2.24, 2.45) is 0 Å². The third kappa shape index (κ3) is 5.62. The molecular weight excluding hydrogens is 415 g/mol. The summed E-state index contributed by atoms with van der Waals surface area (Å²) in [5.41, 5.74) is 2.15. The predicted octanol–water partition coefficient (Wildman–Crippen LogP) is 4.43. The van der Waals surface area contributed by atoms with Crippen molar-refractivity contribution in [1.82, 2.24) is 9.80 Å². The standard InChI is InChI=1S/C24H25FN2O3S/c1-29-21-7-5-18(6-8-21)15-26-9-11-27(12-10-26)24(28)23-13-19(17-31-23)16-30-22-4-2-3-20(25)14-22/h2-8,13-14,17H,9-12,15-16H2,1H3. The van der Waals surface area contributed by atoms with E-state index in [4.69, 9.17) is 9.47 Å². The van der Waals surface area contributed by atoms with Gasteiger partial charge in [0.2, 0.25) is 0 Å². The van der Waals surface area contributed by atoms with E-state index in [9.17, 15) is 9.18 Å². The number of hydrogen-bond donors (Lipinski definition) is 0. The second-order valence-corrected chi connectivity index (χ2v) is 8.39. The highest BCUT2D eigenvalue weighted by atomic mass is 32.1. The van der Waals surface area contributed by atoms with Gasteiger partial charge in [0.25, 0.3) is 5.91 Å². The molecule has 1 fully saturated rings. The molecule has 0 atom stereocenters. The van der Waals surface area contributed by atoms with E-state index in [-0.39, 0.29) is 11.7 Å². The summed E-state index contributed by atoms with van der Waals surface area (Å²) < 4.78 is 24.1. The highest BCUT2D eigenvalue weighted by molar-refractivity contribution is 7.12. The van der Waals surface area contributed by atoms with Crippen LogP contribution in [-0.2, 0) is 13.2 Å². The molecule has 1 aliphatic heterocycles. The summed E-state index contributed by atoms with van der Waals surface area (Å²) in [5, 5.41) is 1.92. The average molecular weight is 441 g/mol. The summed E-state index contributed by atoms with van der Waals surface area (Å²) >= 11 is 1.43. The number of carbonyl (C=O) groups excluding carboxylic acids is 1. The van der Waals surface area contributed by atoms with Gasteiger partial charge in [0.1, 0.15) is 23.9 Å². The zero-order chi connectivity index (χ0) is 21.6. The quantitative estimate of drug-likeness (QED) is 0.545. The van der Waals surface area contributed by atoms with Gasteiger partial charge >= 0.3 is 0 Å². The lowest BCUT2D eigenvalue weighted by atomic mass is 10.2. The van der Waals surface area contributed by atoms with Crippen LogP contribution in [0.5, 0.6) is 11.5 Å². The first-order valence-electron chi connectivity index (χ1n) is 10.2. The van der Waals surface area contributed by atoms with Gasteiger partial charge in [-0.1, -0.05) is 18.2 Å². The zero-order valence-electron chi connectivity index (χ0n) is 17.4. The molecule has 0 bridgehead atoms. The normalized spacial score (nSPS) is 14.5. The van der Waals surface area contributed by atoms with Crippen LogP contribution < -0.4 is 9.47 Å². The molecule has 3 aromatic rings. The molecule has 0 radical (unpaired) electrons. The maximum absolute atomic E-state index is 13.3. The third-order valence-electron chi connectivity index (χ3n) is 5.29. The van der Waals surface area contributed by atoms with Crippen molar-refractivity contribution in [3.05, 3.63) is 81.8 Å². The fourth-order valence-electron chi connectivity index (χ4n) is 3.54. The molecule has 5 nitrogen and oxygen atoms in total. The van der Waals surface area contributed by atoms with Gasteiger partial charge in [-0.2, -0.15) is 0 Å². The maximum Gasteiger partial charge on any atom is 0.264 e. The molecule has 1 amide bonds. The molecule has 162 valence electrons. The number of piperazine rings is 1. The van der Waals surface area contributed by atoms with Gasteiger partial charge in [0.05, 0.1) is 12.0 Å². The van der Waals surface area contributed by atoms with Crippen LogP contribution in [0.15, 0.2) is 60.0 Å². The Kier molecular flexibility index (Phi) is 6.84. The minimum absolute atomic E-state index is 0.0612. The van der Waals surface area contributed by atoms with Crippen molar-refractivity contribution in [2.45, 2.75) is 13.2 Å². The van der Waals surface area contributed by atoms with Gasteiger partial charge < -0.3 is 14.4 Å². The summed E-state index contributed by atoms with van der Waals surface area (Å²) in [6, 6.07) is 16.0. The van der Waals surface area contributed by atoms with Gasteiger partial charge in [-0.3, -0.25) is 9.69 Å². The van der Waals surface area contributed by atoms with Crippen molar-refractivity contribution < 1.29 is 18.7 Å². The van der Waals surface area contributed by atoms with Crippen molar-refractivity contribution in [1.29, 1.82) is 0 Å². The Morgan fingerprint density at radius 1 is 1.00 bits per heavy atom. The number of amides is 1. The number of methoxy groups -OCH3 is 1. The minimum Gasteiger partial charge on any atom is -0.497 e. The molecule has 1 aromatic heterocycles. The molecule has 0 unspecified atom stereocenters. The number of thiophene rings is 1. The van der Waals surface area contributed by atoms with Gasteiger partial charge in [-0.25, -0.2) is 4.39 Å². The minimum atomic E-state index is -0.329. The zero-order valence-corrected chi connectivity index (χ0v) is 18.2. The lowest BCUT2D eigenvalue weighted by Gasteiger charge is -2.34. The first kappa shape index (κ1) is 21.3. The van der Waals surface area contributed by atoms with E-state index in [2.05, 4.69) is 17.0 Å². The molecule has 31 heavy (non-hydrogen) atoms. The van der Waals surface area contributed by atoms with Gasteiger partial charge in [0, 0.05) is 44.4 Å². The number of carbonyl (C=O) groups is 1. The Bertz CT molecular complexity index is 1010.